The minimum absolute atomic E-state index is 0.251. The molecule has 0 aliphatic carbocycles. The Bertz CT molecular complexity index is 587. The van der Waals surface area contributed by atoms with Crippen LogP contribution in [0.1, 0.15) is 19.3 Å². The van der Waals surface area contributed by atoms with Gasteiger partial charge in [0.1, 0.15) is 0 Å². The third kappa shape index (κ3) is 3.32. The summed E-state index contributed by atoms with van der Waals surface area (Å²) in [6.45, 7) is 6.76. The molecule has 2 atom stereocenters. The maximum Gasteiger partial charge on any atom is 0.312 e. The van der Waals surface area contributed by atoms with E-state index in [4.69, 9.17) is 4.74 Å². The summed E-state index contributed by atoms with van der Waals surface area (Å²) in [5, 5.41) is 9.99. The van der Waals surface area contributed by atoms with Crippen molar-refractivity contribution in [3.05, 3.63) is 18.7 Å². The highest BCUT2D eigenvalue weighted by molar-refractivity contribution is 5.77. The van der Waals surface area contributed by atoms with E-state index in [1.807, 2.05) is 12.5 Å². The molecule has 0 amide bonds. The lowest BCUT2D eigenvalue weighted by Gasteiger charge is -2.33. The van der Waals surface area contributed by atoms with Crippen LogP contribution in [0.5, 0.6) is 0 Å². The first-order valence-electron chi connectivity index (χ1n) is 9.41. The van der Waals surface area contributed by atoms with Crippen LogP contribution in [-0.4, -0.2) is 82.4 Å². The number of carboxylic acids is 1. The van der Waals surface area contributed by atoms with Crippen LogP contribution in [0.4, 0.5) is 0 Å². The lowest BCUT2D eigenvalue weighted by molar-refractivity contribution is -0.149. The summed E-state index contributed by atoms with van der Waals surface area (Å²) < 4.78 is 7.54. The standard InChI is InChI=1S/C18H28N4O3/c23-17(24)18-12-21(6-1-5-20-7-4-19-14-20)10-15(18)11-22(13-18)16-2-8-25-9-3-16/h4,7,14-16H,1-3,5-6,8-13H2,(H,23,24)/t15-,18-/m1/s1. The van der Waals surface area contributed by atoms with Crippen molar-refractivity contribution in [3.8, 4) is 0 Å². The Hall–Kier alpha value is -1.44. The number of ether oxygens (including phenoxy) is 1. The molecule has 0 saturated carbocycles. The smallest absolute Gasteiger partial charge is 0.312 e. The third-order valence-corrected chi connectivity index (χ3v) is 6.29. The van der Waals surface area contributed by atoms with Gasteiger partial charge in [0.15, 0.2) is 0 Å². The largest absolute Gasteiger partial charge is 0.481 e. The number of fused-ring (bicyclic) bond motifs is 1. The van der Waals surface area contributed by atoms with E-state index in [-0.39, 0.29) is 5.92 Å². The van der Waals surface area contributed by atoms with Gasteiger partial charge in [0.2, 0.25) is 0 Å². The number of imidazole rings is 1. The first-order valence-corrected chi connectivity index (χ1v) is 9.41. The molecule has 3 aliphatic rings. The minimum Gasteiger partial charge on any atom is -0.481 e. The molecular weight excluding hydrogens is 320 g/mol. The number of aryl methyl sites for hydroxylation is 1. The Kier molecular flexibility index (Phi) is 4.80. The summed E-state index contributed by atoms with van der Waals surface area (Å²) in [6.07, 6.45) is 8.72. The predicted octanol–water partition coefficient (Wildman–Crippen LogP) is 0.771. The van der Waals surface area contributed by atoms with E-state index in [0.29, 0.717) is 19.1 Å². The molecule has 1 aromatic rings. The highest BCUT2D eigenvalue weighted by Gasteiger charge is 2.58. The van der Waals surface area contributed by atoms with Crippen LogP contribution < -0.4 is 0 Å². The van der Waals surface area contributed by atoms with Crippen LogP contribution in [-0.2, 0) is 16.1 Å². The van der Waals surface area contributed by atoms with Gasteiger partial charge in [-0.15, -0.1) is 0 Å². The molecule has 0 radical (unpaired) electrons. The molecule has 0 spiro atoms. The van der Waals surface area contributed by atoms with Crippen molar-refractivity contribution >= 4 is 5.97 Å². The molecule has 7 heteroatoms. The first kappa shape index (κ1) is 17.0. The molecule has 7 nitrogen and oxygen atoms in total. The fraction of sp³-hybridized carbons (Fsp3) is 0.778. The van der Waals surface area contributed by atoms with Gasteiger partial charge in [0, 0.05) is 70.3 Å². The van der Waals surface area contributed by atoms with Gasteiger partial charge < -0.3 is 19.3 Å². The minimum atomic E-state index is -0.607. The molecule has 4 heterocycles. The van der Waals surface area contributed by atoms with Crippen molar-refractivity contribution in [2.45, 2.75) is 31.8 Å². The van der Waals surface area contributed by atoms with Crippen LogP contribution in [0.15, 0.2) is 18.7 Å². The van der Waals surface area contributed by atoms with Crippen molar-refractivity contribution in [3.63, 3.8) is 0 Å². The molecule has 25 heavy (non-hydrogen) atoms. The summed E-state index contributed by atoms with van der Waals surface area (Å²) in [6, 6.07) is 0.505. The predicted molar refractivity (Wildman–Crippen MR) is 92.3 cm³/mol. The zero-order valence-electron chi connectivity index (χ0n) is 14.7. The number of aromatic nitrogens is 2. The Morgan fingerprint density at radius 1 is 1.24 bits per heavy atom. The van der Waals surface area contributed by atoms with Gasteiger partial charge in [0.05, 0.1) is 11.7 Å². The zero-order valence-corrected chi connectivity index (χ0v) is 14.7. The molecular formula is C18H28N4O3. The summed E-state index contributed by atoms with van der Waals surface area (Å²) >= 11 is 0. The van der Waals surface area contributed by atoms with Gasteiger partial charge in [-0.05, 0) is 25.8 Å². The fourth-order valence-corrected chi connectivity index (χ4v) is 4.91. The number of hydrogen-bond acceptors (Lipinski definition) is 5. The average molecular weight is 348 g/mol. The SMILES string of the molecule is O=C(O)[C@@]12CN(CCCn3ccnc3)C[C@@H]1CN(C1CCOCC1)C2. The van der Waals surface area contributed by atoms with Crippen molar-refractivity contribution < 1.29 is 14.6 Å². The van der Waals surface area contributed by atoms with Crippen LogP contribution in [0.25, 0.3) is 0 Å². The molecule has 0 aromatic carbocycles. The van der Waals surface area contributed by atoms with Crippen molar-refractivity contribution in [2.24, 2.45) is 11.3 Å². The van der Waals surface area contributed by atoms with Crippen molar-refractivity contribution in [1.82, 2.24) is 19.4 Å². The van der Waals surface area contributed by atoms with Gasteiger partial charge in [-0.1, -0.05) is 0 Å². The lowest BCUT2D eigenvalue weighted by atomic mass is 9.81. The lowest BCUT2D eigenvalue weighted by Crippen LogP contribution is -2.44. The number of nitrogens with zero attached hydrogens (tertiary/aromatic N) is 4. The molecule has 3 aliphatic heterocycles. The van der Waals surface area contributed by atoms with Gasteiger partial charge in [-0.25, -0.2) is 4.98 Å². The summed E-state index contributed by atoms with van der Waals surface area (Å²) in [5.41, 5.74) is -0.576. The van der Waals surface area contributed by atoms with Gasteiger partial charge in [0.25, 0.3) is 0 Å². The quantitative estimate of drug-likeness (QED) is 0.819. The van der Waals surface area contributed by atoms with Gasteiger partial charge >= 0.3 is 5.97 Å². The number of rotatable bonds is 6. The molecule has 3 saturated heterocycles. The van der Waals surface area contributed by atoms with Crippen molar-refractivity contribution in [2.75, 3.05) is 45.9 Å². The fourth-order valence-electron chi connectivity index (χ4n) is 4.91. The monoisotopic (exact) mass is 348 g/mol. The normalized spacial score (nSPS) is 31.4. The second kappa shape index (κ2) is 7.05. The number of carbonyl (C=O) groups is 1. The van der Waals surface area contributed by atoms with E-state index in [2.05, 4.69) is 19.4 Å². The molecule has 1 aromatic heterocycles. The summed E-state index contributed by atoms with van der Waals surface area (Å²) in [4.78, 5) is 21.0. The Morgan fingerprint density at radius 2 is 2.08 bits per heavy atom. The number of likely N-dealkylation sites (tertiary alicyclic amines) is 2. The Balaban J connectivity index is 1.34. The molecule has 4 rings (SSSR count). The van der Waals surface area contributed by atoms with Gasteiger partial charge in [-0.3, -0.25) is 9.69 Å². The molecule has 1 N–H and O–H groups in total. The van der Waals surface area contributed by atoms with E-state index in [1.165, 1.54) is 0 Å². The maximum absolute atomic E-state index is 12.1. The second-order valence-corrected chi connectivity index (χ2v) is 7.82. The highest BCUT2D eigenvalue weighted by atomic mass is 16.5. The molecule has 0 unspecified atom stereocenters. The van der Waals surface area contributed by atoms with Crippen LogP contribution in [0, 0.1) is 11.3 Å². The molecule has 0 bridgehead atoms. The summed E-state index contributed by atoms with van der Waals surface area (Å²) in [5.74, 6) is -0.356. The van der Waals surface area contributed by atoms with E-state index < -0.39 is 11.4 Å². The maximum atomic E-state index is 12.1. The molecule has 138 valence electrons. The van der Waals surface area contributed by atoms with E-state index in [0.717, 1.165) is 58.7 Å². The Morgan fingerprint density at radius 3 is 2.76 bits per heavy atom. The Labute approximate surface area is 148 Å². The van der Waals surface area contributed by atoms with Gasteiger partial charge in [-0.2, -0.15) is 0 Å². The average Bonchev–Trinajstić information content (AvgIpc) is 3.30. The first-order chi connectivity index (χ1) is 12.2. The van der Waals surface area contributed by atoms with Crippen LogP contribution in [0.3, 0.4) is 0 Å². The topological polar surface area (TPSA) is 70.8 Å². The zero-order chi connectivity index (χ0) is 17.3. The van der Waals surface area contributed by atoms with Crippen LogP contribution >= 0.6 is 0 Å². The third-order valence-electron chi connectivity index (χ3n) is 6.29. The van der Waals surface area contributed by atoms with E-state index in [1.54, 1.807) is 6.20 Å². The van der Waals surface area contributed by atoms with Crippen LogP contribution in [0.2, 0.25) is 0 Å². The van der Waals surface area contributed by atoms with Crippen molar-refractivity contribution in [1.29, 1.82) is 0 Å². The number of hydrogen-bond donors (Lipinski definition) is 1. The van der Waals surface area contributed by atoms with E-state index >= 15 is 0 Å². The second-order valence-electron chi connectivity index (χ2n) is 7.82. The number of aliphatic carboxylic acids is 1. The highest BCUT2D eigenvalue weighted by Crippen LogP contribution is 2.44. The summed E-state index contributed by atoms with van der Waals surface area (Å²) in [7, 11) is 0. The molecule has 3 fully saturated rings. The van der Waals surface area contributed by atoms with E-state index in [9.17, 15) is 9.90 Å². The number of carboxylic acid groups (broad SMARTS) is 1.